The SMILES string of the molecule is O=C1CCN(Cc2ccc(Br)cc2)C(=O)N1. The van der Waals surface area contributed by atoms with Gasteiger partial charge in [-0.05, 0) is 17.7 Å². The molecule has 0 bridgehead atoms. The zero-order chi connectivity index (χ0) is 11.5. The highest BCUT2D eigenvalue weighted by Gasteiger charge is 2.22. The minimum atomic E-state index is -0.306. The number of carbonyl (C=O) groups is 2. The van der Waals surface area contributed by atoms with Crippen molar-refractivity contribution in [1.29, 1.82) is 0 Å². The van der Waals surface area contributed by atoms with Gasteiger partial charge in [-0.25, -0.2) is 4.79 Å². The predicted molar refractivity (Wildman–Crippen MR) is 62.7 cm³/mol. The molecule has 5 heteroatoms. The van der Waals surface area contributed by atoms with Crippen molar-refractivity contribution in [1.82, 2.24) is 10.2 Å². The fraction of sp³-hybridized carbons (Fsp3) is 0.273. The van der Waals surface area contributed by atoms with Crippen molar-refractivity contribution in [2.24, 2.45) is 0 Å². The summed E-state index contributed by atoms with van der Waals surface area (Å²) in [4.78, 5) is 24.0. The van der Waals surface area contributed by atoms with Gasteiger partial charge >= 0.3 is 6.03 Å². The molecule has 1 N–H and O–H groups in total. The van der Waals surface area contributed by atoms with Crippen LogP contribution < -0.4 is 5.32 Å². The van der Waals surface area contributed by atoms with Crippen LogP contribution in [0.25, 0.3) is 0 Å². The van der Waals surface area contributed by atoms with Gasteiger partial charge < -0.3 is 4.90 Å². The molecule has 3 amide bonds. The van der Waals surface area contributed by atoms with Crippen molar-refractivity contribution in [3.05, 3.63) is 34.3 Å². The molecule has 1 aromatic rings. The Morgan fingerprint density at radius 2 is 1.94 bits per heavy atom. The lowest BCUT2D eigenvalue weighted by Gasteiger charge is -2.26. The van der Waals surface area contributed by atoms with Gasteiger partial charge in [0.1, 0.15) is 0 Å². The van der Waals surface area contributed by atoms with Crippen LogP contribution >= 0.6 is 15.9 Å². The Kier molecular flexibility index (Phi) is 3.24. The molecule has 84 valence electrons. The van der Waals surface area contributed by atoms with Crippen LogP contribution in [0.15, 0.2) is 28.7 Å². The Labute approximate surface area is 102 Å². The monoisotopic (exact) mass is 282 g/mol. The number of hydrogen-bond donors (Lipinski definition) is 1. The third-order valence-corrected chi connectivity index (χ3v) is 2.96. The number of urea groups is 1. The highest BCUT2D eigenvalue weighted by Crippen LogP contribution is 2.13. The van der Waals surface area contributed by atoms with E-state index in [2.05, 4.69) is 21.2 Å². The molecule has 1 fully saturated rings. The van der Waals surface area contributed by atoms with Crippen molar-refractivity contribution < 1.29 is 9.59 Å². The van der Waals surface area contributed by atoms with Crippen LogP contribution in [0, 0.1) is 0 Å². The van der Waals surface area contributed by atoms with E-state index in [1.165, 1.54) is 0 Å². The summed E-state index contributed by atoms with van der Waals surface area (Å²) in [6.07, 6.45) is 0.377. The molecule has 1 saturated heterocycles. The second kappa shape index (κ2) is 4.65. The minimum Gasteiger partial charge on any atom is -0.320 e. The van der Waals surface area contributed by atoms with E-state index in [1.54, 1.807) is 4.90 Å². The number of nitrogens with one attached hydrogen (secondary N) is 1. The van der Waals surface area contributed by atoms with Crippen LogP contribution in [-0.4, -0.2) is 23.4 Å². The topological polar surface area (TPSA) is 49.4 Å². The molecule has 0 atom stereocenters. The zero-order valence-corrected chi connectivity index (χ0v) is 10.2. The van der Waals surface area contributed by atoms with Crippen LogP contribution in [-0.2, 0) is 11.3 Å². The van der Waals surface area contributed by atoms with Crippen LogP contribution in [0.5, 0.6) is 0 Å². The van der Waals surface area contributed by atoms with E-state index in [0.29, 0.717) is 19.5 Å². The molecule has 0 radical (unpaired) electrons. The lowest BCUT2D eigenvalue weighted by atomic mass is 10.2. The standard InChI is InChI=1S/C11H11BrN2O2/c12-9-3-1-8(2-4-9)7-14-6-5-10(15)13-11(14)16/h1-4H,5-7H2,(H,13,15,16). The first-order chi connectivity index (χ1) is 7.65. The van der Waals surface area contributed by atoms with E-state index in [0.717, 1.165) is 10.0 Å². The van der Waals surface area contributed by atoms with Gasteiger partial charge in [0, 0.05) is 24.0 Å². The van der Waals surface area contributed by atoms with E-state index in [9.17, 15) is 9.59 Å². The smallest absolute Gasteiger partial charge is 0.320 e. The normalized spacial score (nSPS) is 16.2. The van der Waals surface area contributed by atoms with Crippen molar-refractivity contribution >= 4 is 27.9 Å². The Bertz CT molecular complexity index is 416. The van der Waals surface area contributed by atoms with Crippen LogP contribution in [0.4, 0.5) is 4.79 Å². The number of amides is 3. The highest BCUT2D eigenvalue weighted by molar-refractivity contribution is 9.10. The Balaban J connectivity index is 2.02. The molecule has 1 heterocycles. The average molecular weight is 283 g/mol. The number of benzene rings is 1. The number of carbonyl (C=O) groups excluding carboxylic acids is 2. The minimum absolute atomic E-state index is 0.197. The number of imide groups is 1. The van der Waals surface area contributed by atoms with Gasteiger partial charge in [-0.3, -0.25) is 10.1 Å². The zero-order valence-electron chi connectivity index (χ0n) is 8.57. The summed E-state index contributed by atoms with van der Waals surface area (Å²) in [5.41, 5.74) is 1.05. The van der Waals surface area contributed by atoms with Gasteiger partial charge in [0.25, 0.3) is 0 Å². The fourth-order valence-electron chi connectivity index (χ4n) is 1.56. The first-order valence-electron chi connectivity index (χ1n) is 4.98. The molecular weight excluding hydrogens is 272 g/mol. The summed E-state index contributed by atoms with van der Waals surface area (Å²) in [5.74, 6) is -0.197. The molecule has 1 aliphatic rings. The molecule has 1 aromatic carbocycles. The van der Waals surface area contributed by atoms with Gasteiger partial charge in [-0.1, -0.05) is 28.1 Å². The molecule has 0 spiro atoms. The molecule has 2 rings (SSSR count). The van der Waals surface area contributed by atoms with Crippen LogP contribution in [0.3, 0.4) is 0 Å². The number of halogens is 1. The summed E-state index contributed by atoms with van der Waals surface area (Å²) in [6.45, 7) is 1.02. The lowest BCUT2D eigenvalue weighted by molar-refractivity contribution is -0.121. The molecular formula is C11H11BrN2O2. The van der Waals surface area contributed by atoms with Gasteiger partial charge in [-0.2, -0.15) is 0 Å². The quantitative estimate of drug-likeness (QED) is 0.901. The number of rotatable bonds is 2. The summed E-state index contributed by atoms with van der Waals surface area (Å²) in [6, 6.07) is 7.46. The van der Waals surface area contributed by atoms with Gasteiger partial charge in [-0.15, -0.1) is 0 Å². The summed E-state index contributed by atoms with van der Waals surface area (Å²) in [5, 5.41) is 2.30. The third kappa shape index (κ3) is 2.61. The van der Waals surface area contributed by atoms with Crippen LogP contribution in [0.1, 0.15) is 12.0 Å². The van der Waals surface area contributed by atoms with Gasteiger partial charge in [0.2, 0.25) is 5.91 Å². The first-order valence-corrected chi connectivity index (χ1v) is 5.77. The van der Waals surface area contributed by atoms with Crippen LogP contribution in [0.2, 0.25) is 0 Å². The molecule has 0 unspecified atom stereocenters. The highest BCUT2D eigenvalue weighted by atomic mass is 79.9. The Morgan fingerprint density at radius 3 is 2.56 bits per heavy atom. The van der Waals surface area contributed by atoms with Gasteiger partial charge in [0.05, 0.1) is 0 Å². The maximum absolute atomic E-state index is 11.5. The maximum Gasteiger partial charge on any atom is 0.324 e. The van der Waals surface area contributed by atoms with E-state index < -0.39 is 0 Å². The van der Waals surface area contributed by atoms with Crippen molar-refractivity contribution in [3.8, 4) is 0 Å². The average Bonchev–Trinajstić information content (AvgIpc) is 2.25. The Hall–Kier alpha value is -1.36. The van der Waals surface area contributed by atoms with Crippen molar-refractivity contribution in [2.75, 3.05) is 6.54 Å². The second-order valence-corrected chi connectivity index (χ2v) is 4.57. The lowest BCUT2D eigenvalue weighted by Crippen LogP contribution is -2.48. The van der Waals surface area contributed by atoms with Crippen molar-refractivity contribution in [3.63, 3.8) is 0 Å². The van der Waals surface area contributed by atoms with E-state index in [1.807, 2.05) is 24.3 Å². The summed E-state index contributed by atoms with van der Waals surface area (Å²) < 4.78 is 1.01. The van der Waals surface area contributed by atoms with E-state index in [4.69, 9.17) is 0 Å². The maximum atomic E-state index is 11.5. The number of hydrogen-bond acceptors (Lipinski definition) is 2. The Morgan fingerprint density at radius 1 is 1.25 bits per heavy atom. The third-order valence-electron chi connectivity index (χ3n) is 2.43. The van der Waals surface area contributed by atoms with Crippen molar-refractivity contribution in [2.45, 2.75) is 13.0 Å². The molecule has 0 aliphatic carbocycles. The predicted octanol–water partition coefficient (Wildman–Crippen LogP) is 1.89. The number of nitrogens with zero attached hydrogens (tertiary/aromatic N) is 1. The summed E-state index contributed by atoms with van der Waals surface area (Å²) in [7, 11) is 0. The van der Waals surface area contributed by atoms with E-state index >= 15 is 0 Å². The summed E-state index contributed by atoms with van der Waals surface area (Å²) >= 11 is 3.35. The molecule has 4 nitrogen and oxygen atoms in total. The van der Waals surface area contributed by atoms with E-state index in [-0.39, 0.29) is 11.9 Å². The molecule has 0 aromatic heterocycles. The van der Waals surface area contributed by atoms with Gasteiger partial charge in [0.15, 0.2) is 0 Å². The molecule has 16 heavy (non-hydrogen) atoms. The molecule has 1 aliphatic heterocycles. The first kappa shape index (κ1) is 11.1. The second-order valence-electron chi connectivity index (χ2n) is 3.65. The molecule has 0 saturated carbocycles. The fourth-order valence-corrected chi connectivity index (χ4v) is 1.82. The largest absolute Gasteiger partial charge is 0.324 e.